The molecule has 0 aromatic carbocycles. The van der Waals surface area contributed by atoms with Gasteiger partial charge in [-0.05, 0) is 73.8 Å². The zero-order valence-corrected chi connectivity index (χ0v) is 17.5. The van der Waals surface area contributed by atoms with Gasteiger partial charge in [-0.3, -0.25) is 9.78 Å². The number of ether oxygens (including phenoxy) is 1. The Morgan fingerprint density at radius 1 is 1.14 bits per heavy atom. The maximum atomic E-state index is 12.6. The molecule has 0 N–H and O–H groups in total. The maximum absolute atomic E-state index is 12.6. The first-order chi connectivity index (χ1) is 13.9. The topological polar surface area (TPSA) is 56.3 Å². The van der Waals surface area contributed by atoms with Crippen molar-refractivity contribution in [1.29, 1.82) is 0 Å². The zero-order chi connectivity index (χ0) is 20.2. The molecule has 0 unspecified atom stereocenters. The first kappa shape index (κ1) is 19.0. The Hall–Kier alpha value is -1.97. The molecule has 0 bridgehead atoms. The van der Waals surface area contributed by atoms with E-state index in [0.717, 1.165) is 51.4 Å². The van der Waals surface area contributed by atoms with Gasteiger partial charge in [-0.2, -0.15) is 0 Å². The van der Waals surface area contributed by atoms with Gasteiger partial charge < -0.3 is 4.74 Å². The van der Waals surface area contributed by atoms with E-state index in [4.69, 9.17) is 4.74 Å². The fraction of sp³-hybridized carbons (Fsp3) is 0.640. The van der Waals surface area contributed by atoms with E-state index in [9.17, 15) is 9.59 Å². The van der Waals surface area contributed by atoms with Crippen LogP contribution in [0.5, 0.6) is 0 Å². The minimum absolute atomic E-state index is 0.0412. The molecule has 1 aromatic rings. The van der Waals surface area contributed by atoms with Gasteiger partial charge >= 0.3 is 5.97 Å². The number of pyridine rings is 1. The van der Waals surface area contributed by atoms with Crippen molar-refractivity contribution in [3.63, 3.8) is 0 Å². The fourth-order valence-corrected chi connectivity index (χ4v) is 7.20. The maximum Gasteiger partial charge on any atom is 0.339 e. The van der Waals surface area contributed by atoms with E-state index in [2.05, 4.69) is 24.9 Å². The van der Waals surface area contributed by atoms with E-state index in [0.29, 0.717) is 29.1 Å². The van der Waals surface area contributed by atoms with Crippen LogP contribution in [0.25, 0.3) is 0 Å². The van der Waals surface area contributed by atoms with E-state index in [1.165, 1.54) is 5.57 Å². The third-order valence-corrected chi connectivity index (χ3v) is 8.94. The van der Waals surface area contributed by atoms with Crippen LogP contribution in [0, 0.1) is 28.6 Å². The Morgan fingerprint density at radius 3 is 2.72 bits per heavy atom. The molecule has 1 heterocycles. The monoisotopic (exact) mass is 393 g/mol. The van der Waals surface area contributed by atoms with Gasteiger partial charge in [-0.25, -0.2) is 4.79 Å². The van der Waals surface area contributed by atoms with Crippen molar-refractivity contribution in [2.45, 2.75) is 71.3 Å². The summed E-state index contributed by atoms with van der Waals surface area (Å²) in [4.78, 5) is 29.0. The summed E-state index contributed by atoms with van der Waals surface area (Å²) in [6.45, 7) is 4.67. The molecule has 4 aliphatic rings. The second-order valence-electron chi connectivity index (χ2n) is 10.2. The molecule has 4 aliphatic carbocycles. The van der Waals surface area contributed by atoms with Crippen LogP contribution < -0.4 is 0 Å². The zero-order valence-electron chi connectivity index (χ0n) is 17.5. The average molecular weight is 394 g/mol. The highest BCUT2D eigenvalue weighted by molar-refractivity contribution is 5.89. The number of hydrogen-bond acceptors (Lipinski definition) is 4. The van der Waals surface area contributed by atoms with E-state index in [1.54, 1.807) is 24.5 Å². The predicted molar refractivity (Wildman–Crippen MR) is 110 cm³/mol. The lowest BCUT2D eigenvalue weighted by Crippen LogP contribution is -2.50. The number of aromatic nitrogens is 1. The summed E-state index contributed by atoms with van der Waals surface area (Å²) in [6.07, 6.45) is 13.7. The molecule has 4 heteroatoms. The van der Waals surface area contributed by atoms with Crippen LogP contribution in [0.15, 0.2) is 36.2 Å². The highest BCUT2D eigenvalue weighted by atomic mass is 16.5. The van der Waals surface area contributed by atoms with Crippen molar-refractivity contribution in [3.05, 3.63) is 41.7 Å². The molecule has 0 radical (unpaired) electrons. The summed E-state index contributed by atoms with van der Waals surface area (Å²) in [5.74, 6) is 2.11. The van der Waals surface area contributed by atoms with E-state index in [1.807, 2.05) is 0 Å². The smallest absolute Gasteiger partial charge is 0.339 e. The molecular formula is C25H31NO3. The van der Waals surface area contributed by atoms with Crippen molar-refractivity contribution in [3.8, 4) is 0 Å². The molecule has 3 saturated carbocycles. The van der Waals surface area contributed by atoms with Gasteiger partial charge in [0.1, 0.15) is 11.9 Å². The summed E-state index contributed by atoms with van der Waals surface area (Å²) >= 11 is 0. The Kier molecular flexibility index (Phi) is 4.45. The number of carbonyl (C=O) groups is 2. The lowest BCUT2D eigenvalue weighted by Gasteiger charge is -2.56. The normalized spacial score (nSPS) is 41.0. The molecule has 5 rings (SSSR count). The standard InChI is InChI=1S/C25H31NO3/c1-24-11-9-18(29-23(28)16-4-3-13-26-15-16)14-17(24)5-6-19-20-7-8-22(27)25(20,2)12-10-21(19)24/h3-5,13,15,18-21H,6-12,14H2,1-2H3/t18-,19-,20-,21+,24-,25+/m0/s1. The quantitative estimate of drug-likeness (QED) is 0.516. The van der Waals surface area contributed by atoms with Crippen molar-refractivity contribution in [2.24, 2.45) is 28.6 Å². The van der Waals surface area contributed by atoms with E-state index >= 15 is 0 Å². The molecule has 3 fully saturated rings. The van der Waals surface area contributed by atoms with Gasteiger partial charge in [0.2, 0.25) is 0 Å². The third kappa shape index (κ3) is 2.90. The number of ketones is 1. The first-order valence-electron chi connectivity index (χ1n) is 11.3. The lowest BCUT2D eigenvalue weighted by atomic mass is 9.48. The molecule has 4 nitrogen and oxygen atoms in total. The molecule has 0 saturated heterocycles. The summed E-state index contributed by atoms with van der Waals surface area (Å²) in [5, 5.41) is 0. The Bertz CT molecular complexity index is 862. The second-order valence-corrected chi connectivity index (χ2v) is 10.2. The number of allylic oxidation sites excluding steroid dienone is 1. The van der Waals surface area contributed by atoms with Crippen molar-refractivity contribution in [2.75, 3.05) is 0 Å². The van der Waals surface area contributed by atoms with E-state index in [-0.39, 0.29) is 22.9 Å². The van der Waals surface area contributed by atoms with Crippen LogP contribution in [0.3, 0.4) is 0 Å². The van der Waals surface area contributed by atoms with Crippen molar-refractivity contribution < 1.29 is 14.3 Å². The highest BCUT2D eigenvalue weighted by Gasteiger charge is 2.58. The van der Waals surface area contributed by atoms with Gasteiger partial charge in [0.15, 0.2) is 0 Å². The van der Waals surface area contributed by atoms with E-state index < -0.39 is 0 Å². The molecule has 29 heavy (non-hydrogen) atoms. The summed E-state index contributed by atoms with van der Waals surface area (Å²) in [5.41, 5.74) is 2.14. The number of esters is 1. The van der Waals surface area contributed by atoms with Crippen molar-refractivity contribution in [1.82, 2.24) is 4.98 Å². The SMILES string of the molecule is C[C@]12CC[C@H](OC(=O)c3cccnc3)CC1=CC[C@@H]1[C@H]2CC[C@@]2(C)C(=O)CC[C@@H]12. The minimum Gasteiger partial charge on any atom is -0.458 e. The molecule has 154 valence electrons. The van der Waals surface area contributed by atoms with Crippen LogP contribution in [-0.4, -0.2) is 22.8 Å². The molecule has 0 spiro atoms. The molecule has 0 aliphatic heterocycles. The van der Waals surface area contributed by atoms with Gasteiger partial charge in [0.05, 0.1) is 5.56 Å². The molecular weight excluding hydrogens is 362 g/mol. The van der Waals surface area contributed by atoms with Crippen LogP contribution in [0.1, 0.15) is 75.6 Å². The van der Waals surface area contributed by atoms with Gasteiger partial charge in [-0.1, -0.05) is 25.5 Å². The van der Waals surface area contributed by atoms with Gasteiger partial charge in [0.25, 0.3) is 0 Å². The minimum atomic E-state index is -0.265. The lowest BCUT2D eigenvalue weighted by molar-refractivity contribution is -0.132. The largest absolute Gasteiger partial charge is 0.458 e. The van der Waals surface area contributed by atoms with Crippen LogP contribution in [0.2, 0.25) is 0 Å². The number of rotatable bonds is 2. The number of hydrogen-bond donors (Lipinski definition) is 0. The summed E-state index contributed by atoms with van der Waals surface area (Å²) in [6, 6.07) is 3.53. The van der Waals surface area contributed by atoms with Gasteiger partial charge in [0, 0.05) is 30.7 Å². The first-order valence-corrected chi connectivity index (χ1v) is 11.3. The Labute approximate surface area is 173 Å². The molecule has 0 amide bonds. The molecule has 1 aromatic heterocycles. The summed E-state index contributed by atoms with van der Waals surface area (Å²) < 4.78 is 5.84. The average Bonchev–Trinajstić information content (AvgIpc) is 3.03. The second kappa shape index (κ2) is 6.78. The number of Topliss-reactive ketones (excluding diaryl/α,β-unsaturated/α-hetero) is 1. The number of carbonyl (C=O) groups excluding carboxylic acids is 2. The number of nitrogens with zero attached hydrogens (tertiary/aromatic N) is 1. The third-order valence-electron chi connectivity index (χ3n) is 8.94. The van der Waals surface area contributed by atoms with Crippen LogP contribution in [0.4, 0.5) is 0 Å². The van der Waals surface area contributed by atoms with Crippen LogP contribution in [-0.2, 0) is 9.53 Å². The van der Waals surface area contributed by atoms with Gasteiger partial charge in [-0.15, -0.1) is 0 Å². The summed E-state index contributed by atoms with van der Waals surface area (Å²) in [7, 11) is 0. The number of fused-ring (bicyclic) bond motifs is 5. The Morgan fingerprint density at radius 2 is 1.93 bits per heavy atom. The highest BCUT2D eigenvalue weighted by Crippen LogP contribution is 2.64. The Balaban J connectivity index is 1.33. The molecule has 6 atom stereocenters. The predicted octanol–water partition coefficient (Wildman–Crippen LogP) is 5.14. The van der Waals surface area contributed by atoms with Crippen molar-refractivity contribution >= 4 is 11.8 Å². The fourth-order valence-electron chi connectivity index (χ4n) is 7.20. The van der Waals surface area contributed by atoms with Crippen LogP contribution >= 0.6 is 0 Å².